The highest BCUT2D eigenvalue weighted by molar-refractivity contribution is 6.24. The summed E-state index contributed by atoms with van der Waals surface area (Å²) >= 11 is 0. The first-order chi connectivity index (χ1) is 18.7. The van der Waals surface area contributed by atoms with Gasteiger partial charge in [-0.3, -0.25) is 19.3 Å². The molecular weight excluding hydrogens is 530 g/mol. The quantitative estimate of drug-likeness (QED) is 0.245. The highest BCUT2D eigenvalue weighted by Crippen LogP contribution is 2.53. The second-order valence-corrected chi connectivity index (χ2v) is 11.0. The van der Waals surface area contributed by atoms with Gasteiger partial charge in [0.15, 0.2) is 11.4 Å². The third-order valence-electron chi connectivity index (χ3n) is 8.21. The second-order valence-electron chi connectivity index (χ2n) is 11.0. The molecule has 0 saturated carbocycles. The molecule has 218 valence electrons. The number of Topliss-reactive ketones (excluding diaryl/α,β-unsaturated/α-hetero) is 2. The Morgan fingerprint density at radius 2 is 1.80 bits per heavy atom. The Labute approximate surface area is 229 Å². The molecule has 13 heteroatoms. The van der Waals surface area contributed by atoms with Crippen LogP contribution in [0, 0.1) is 11.8 Å². The fourth-order valence-electron chi connectivity index (χ4n) is 6.29. The molecule has 40 heavy (non-hydrogen) atoms. The molecule has 4 rings (SSSR count). The third-order valence-corrected chi connectivity index (χ3v) is 8.21. The van der Waals surface area contributed by atoms with E-state index in [-0.39, 0.29) is 36.1 Å². The van der Waals surface area contributed by atoms with Crippen molar-refractivity contribution in [3.8, 4) is 5.75 Å². The van der Waals surface area contributed by atoms with E-state index >= 15 is 0 Å². The smallest absolute Gasteiger partial charge is 0.255 e. The Hall–Kier alpha value is -3.55. The van der Waals surface area contributed by atoms with E-state index in [0.29, 0.717) is 11.3 Å². The Balaban J connectivity index is 1.91. The molecule has 0 spiro atoms. The lowest BCUT2D eigenvalue weighted by atomic mass is 9.58. The van der Waals surface area contributed by atoms with Crippen molar-refractivity contribution in [3.05, 3.63) is 45.4 Å². The van der Waals surface area contributed by atoms with Crippen LogP contribution < -0.4 is 16.0 Å². The second kappa shape index (κ2) is 10.5. The molecule has 0 bridgehead atoms. The zero-order valence-electron chi connectivity index (χ0n) is 22.7. The first kappa shape index (κ1) is 29.4. The molecule has 1 amide bonds. The monoisotopic (exact) mass is 564 g/mol. The number of aliphatic hydroxyl groups excluding tert-OH is 2. The molecule has 3 aliphatic carbocycles. The number of allylic oxidation sites excluding steroid dienone is 1. The van der Waals surface area contributed by atoms with Crippen LogP contribution in [0.25, 0.3) is 0 Å². The number of fused-ring (bicyclic) bond motifs is 3. The van der Waals surface area contributed by atoms with E-state index in [0.717, 1.165) is 0 Å². The number of hydrogen-bond donors (Lipinski definition) is 6. The summed E-state index contributed by atoms with van der Waals surface area (Å²) in [5.74, 6) is -7.35. The Morgan fingerprint density at radius 1 is 1.18 bits per heavy atom. The van der Waals surface area contributed by atoms with Gasteiger partial charge in [-0.05, 0) is 44.5 Å². The average molecular weight is 565 g/mol. The number of carbonyl (C=O) groups is 3. The summed E-state index contributed by atoms with van der Waals surface area (Å²) in [6.07, 6.45) is 0.0955. The summed E-state index contributed by atoms with van der Waals surface area (Å²) in [5, 5.41) is 47.8. The van der Waals surface area contributed by atoms with Crippen molar-refractivity contribution in [1.29, 1.82) is 0 Å². The molecule has 7 N–H and O–H groups in total. The van der Waals surface area contributed by atoms with E-state index in [2.05, 4.69) is 5.32 Å². The zero-order chi connectivity index (χ0) is 29.8. The Bertz CT molecular complexity index is 1340. The van der Waals surface area contributed by atoms with Gasteiger partial charge in [-0.15, -0.1) is 0 Å². The number of rotatable bonds is 8. The number of primary amides is 1. The van der Waals surface area contributed by atoms with Crippen molar-refractivity contribution < 1.29 is 43.6 Å². The predicted molar refractivity (Wildman–Crippen MR) is 141 cm³/mol. The number of nitrogens with one attached hydrogen (secondary N) is 1. The normalized spacial score (nSPS) is 26.3. The predicted octanol–water partition coefficient (Wildman–Crippen LogP) is 0.584. The standard InChI is InChI=1S/C27H34F2N4O7/c1-32(2)16-7-12(10-31-13(8-28)9-29)21(34)18-14(16)5-11-6-15-20(33(3)4)23(36)19(26(30)39)25(38)27(15,40)24(37)17(11)22(18)35/h7,11,13,15,20,31,34,36-37,40H,5-6,8-10H2,1-4H3,(H2,30,39)/t11-,15-,20?,27-/m0/s1. The van der Waals surface area contributed by atoms with Crippen molar-refractivity contribution in [2.24, 2.45) is 17.6 Å². The molecule has 0 aromatic heterocycles. The highest BCUT2D eigenvalue weighted by Gasteiger charge is 2.63. The number of phenols is 1. The van der Waals surface area contributed by atoms with Crippen LogP contribution in [0.4, 0.5) is 14.5 Å². The summed E-state index contributed by atoms with van der Waals surface area (Å²) in [5.41, 5.74) is 2.47. The van der Waals surface area contributed by atoms with E-state index in [4.69, 9.17) is 5.73 Å². The molecule has 0 saturated heterocycles. The fourth-order valence-corrected chi connectivity index (χ4v) is 6.29. The topological polar surface area (TPSA) is 177 Å². The number of aliphatic hydroxyl groups is 3. The van der Waals surface area contributed by atoms with Gasteiger partial charge in [-0.25, -0.2) is 8.78 Å². The van der Waals surface area contributed by atoms with Gasteiger partial charge in [0, 0.05) is 43.4 Å². The van der Waals surface area contributed by atoms with E-state index in [1.54, 1.807) is 39.2 Å². The maximum atomic E-state index is 14.0. The van der Waals surface area contributed by atoms with Crippen molar-refractivity contribution in [2.75, 3.05) is 46.4 Å². The van der Waals surface area contributed by atoms with Gasteiger partial charge in [-0.1, -0.05) is 0 Å². The maximum Gasteiger partial charge on any atom is 0.255 e. The lowest BCUT2D eigenvalue weighted by molar-refractivity contribution is -0.148. The zero-order valence-corrected chi connectivity index (χ0v) is 22.7. The lowest BCUT2D eigenvalue weighted by Crippen LogP contribution is -2.63. The van der Waals surface area contributed by atoms with Gasteiger partial charge < -0.3 is 36.4 Å². The van der Waals surface area contributed by atoms with Crippen LogP contribution in [-0.4, -0.2) is 102 Å². The number of alkyl halides is 2. The molecule has 1 unspecified atom stereocenters. The lowest BCUT2D eigenvalue weighted by Gasteiger charge is -2.50. The van der Waals surface area contributed by atoms with E-state index in [1.165, 1.54) is 4.90 Å². The number of carbonyl (C=O) groups excluding carboxylic acids is 3. The molecule has 0 fully saturated rings. The minimum absolute atomic E-state index is 0.0304. The number of phenolic OH excluding ortho intramolecular Hbond substituents is 1. The summed E-state index contributed by atoms with van der Waals surface area (Å²) < 4.78 is 26.1. The Kier molecular flexibility index (Phi) is 7.69. The number of likely N-dealkylation sites (N-methyl/N-ethyl adjacent to an activating group) is 1. The van der Waals surface area contributed by atoms with Crippen LogP contribution in [-0.2, 0) is 22.6 Å². The number of amides is 1. The molecule has 3 aliphatic rings. The molecule has 11 nitrogen and oxygen atoms in total. The van der Waals surface area contributed by atoms with Crippen LogP contribution in [0.3, 0.4) is 0 Å². The Morgan fingerprint density at radius 3 is 2.33 bits per heavy atom. The minimum Gasteiger partial charge on any atom is -0.510 e. The minimum atomic E-state index is -2.74. The first-order valence-corrected chi connectivity index (χ1v) is 12.8. The van der Waals surface area contributed by atoms with Gasteiger partial charge >= 0.3 is 0 Å². The molecule has 1 aromatic carbocycles. The van der Waals surface area contributed by atoms with Gasteiger partial charge in [-0.2, -0.15) is 0 Å². The fraction of sp³-hybridized carbons (Fsp3) is 0.519. The number of nitrogens with two attached hydrogens (primary N) is 1. The molecule has 4 atom stereocenters. The summed E-state index contributed by atoms with van der Waals surface area (Å²) in [6.45, 7) is -2.13. The molecule has 0 heterocycles. The number of hydrogen-bond acceptors (Lipinski definition) is 10. The van der Waals surface area contributed by atoms with Crippen LogP contribution in [0.2, 0.25) is 0 Å². The SMILES string of the molecule is CN(C)c1cc(CNC(CF)CF)c(O)c2c1C[C@H]1C[C@H]3C(N(C)C)C(O)=C(C(N)=O)C(=O)[C@@]3(O)C(O)=C1C2=O. The first-order valence-electron chi connectivity index (χ1n) is 12.8. The van der Waals surface area contributed by atoms with Crippen molar-refractivity contribution >= 4 is 23.2 Å². The highest BCUT2D eigenvalue weighted by atomic mass is 19.1. The number of benzene rings is 1. The van der Waals surface area contributed by atoms with Gasteiger partial charge in [0.25, 0.3) is 5.91 Å². The summed E-state index contributed by atoms with van der Waals surface area (Å²) in [6, 6.07) is -0.587. The number of nitrogens with zero attached hydrogens (tertiary/aromatic N) is 2. The third kappa shape index (κ3) is 4.23. The van der Waals surface area contributed by atoms with E-state index in [1.807, 2.05) is 0 Å². The molecule has 0 radical (unpaired) electrons. The molecule has 0 aliphatic heterocycles. The number of halogens is 2. The molecular formula is C27H34F2N4O7. The van der Waals surface area contributed by atoms with Crippen LogP contribution in [0.5, 0.6) is 5.75 Å². The van der Waals surface area contributed by atoms with Crippen LogP contribution in [0.1, 0.15) is 27.9 Å². The number of ketones is 2. The van der Waals surface area contributed by atoms with Gasteiger partial charge in [0.1, 0.15) is 36.2 Å². The van der Waals surface area contributed by atoms with Gasteiger partial charge in [0.2, 0.25) is 5.78 Å². The van der Waals surface area contributed by atoms with Crippen molar-refractivity contribution in [1.82, 2.24) is 10.2 Å². The maximum absolute atomic E-state index is 14.0. The summed E-state index contributed by atoms with van der Waals surface area (Å²) in [7, 11) is 6.56. The number of anilines is 1. The largest absolute Gasteiger partial charge is 0.510 e. The van der Waals surface area contributed by atoms with Crippen molar-refractivity contribution in [3.63, 3.8) is 0 Å². The van der Waals surface area contributed by atoms with E-state index in [9.17, 15) is 43.6 Å². The number of aromatic hydroxyl groups is 1. The van der Waals surface area contributed by atoms with Crippen molar-refractivity contribution in [2.45, 2.75) is 37.1 Å². The van der Waals surface area contributed by atoms with E-state index < -0.39 is 83.2 Å². The molecule has 1 aromatic rings. The average Bonchev–Trinajstić information content (AvgIpc) is 2.87. The van der Waals surface area contributed by atoms with Crippen LogP contribution >= 0.6 is 0 Å². The van der Waals surface area contributed by atoms with Gasteiger partial charge in [0.05, 0.1) is 17.6 Å². The summed E-state index contributed by atoms with van der Waals surface area (Å²) in [4.78, 5) is 42.7. The van der Waals surface area contributed by atoms with Crippen LogP contribution in [0.15, 0.2) is 28.7 Å².